The molecule has 19 heavy (non-hydrogen) atoms. The number of nitrogens with one attached hydrogen (secondary N) is 1. The minimum absolute atomic E-state index is 0.0603. The van der Waals surface area contributed by atoms with E-state index in [0.717, 1.165) is 35.7 Å². The van der Waals surface area contributed by atoms with Gasteiger partial charge in [-0.15, -0.1) is 0 Å². The highest BCUT2D eigenvalue weighted by molar-refractivity contribution is 9.09. The molecule has 1 N–H and O–H groups in total. The fraction of sp³-hybridized carbons (Fsp3) is 0.571. The molecule has 1 aliphatic rings. The number of benzene rings is 1. The van der Waals surface area contributed by atoms with Crippen LogP contribution in [0.1, 0.15) is 30.4 Å². The van der Waals surface area contributed by atoms with Gasteiger partial charge in [0.1, 0.15) is 0 Å². The molecule has 2 rings (SSSR count). The Morgan fingerprint density at radius 1 is 1.32 bits per heavy atom. The summed E-state index contributed by atoms with van der Waals surface area (Å²) in [6, 6.07) is 5.51. The third-order valence-electron chi connectivity index (χ3n) is 3.78. The maximum Gasteiger partial charge on any atom is 0.241 e. The first kappa shape index (κ1) is 15.0. The second-order valence-corrected chi connectivity index (χ2v) is 7.67. The number of rotatable bonds is 4. The van der Waals surface area contributed by atoms with E-state index < -0.39 is 10.0 Å². The van der Waals surface area contributed by atoms with Gasteiger partial charge in [0.2, 0.25) is 10.0 Å². The van der Waals surface area contributed by atoms with E-state index in [1.165, 1.54) is 0 Å². The molecule has 0 bridgehead atoms. The first-order chi connectivity index (χ1) is 8.94. The van der Waals surface area contributed by atoms with Crippen molar-refractivity contribution in [3.8, 4) is 0 Å². The van der Waals surface area contributed by atoms with E-state index in [1.54, 1.807) is 6.07 Å². The van der Waals surface area contributed by atoms with Crippen molar-refractivity contribution in [1.82, 2.24) is 4.72 Å². The fourth-order valence-corrected chi connectivity index (χ4v) is 5.08. The van der Waals surface area contributed by atoms with Crippen LogP contribution in [0.5, 0.6) is 0 Å². The van der Waals surface area contributed by atoms with Gasteiger partial charge in [-0.2, -0.15) is 0 Å². The molecule has 106 valence electrons. The number of hydrogen-bond acceptors (Lipinski definition) is 2. The summed E-state index contributed by atoms with van der Waals surface area (Å²) in [5.41, 5.74) is 1.89. The molecule has 0 spiro atoms. The Morgan fingerprint density at radius 2 is 2.05 bits per heavy atom. The molecule has 0 amide bonds. The van der Waals surface area contributed by atoms with Gasteiger partial charge in [-0.1, -0.05) is 40.0 Å². The van der Waals surface area contributed by atoms with Crippen LogP contribution in [0.2, 0.25) is 0 Å². The van der Waals surface area contributed by atoms with Gasteiger partial charge in [0.05, 0.1) is 4.90 Å². The summed E-state index contributed by atoms with van der Waals surface area (Å²) in [4.78, 5) is 0.401. The lowest BCUT2D eigenvalue weighted by Gasteiger charge is -2.19. The number of halogens is 1. The minimum atomic E-state index is -3.40. The topological polar surface area (TPSA) is 46.2 Å². The summed E-state index contributed by atoms with van der Waals surface area (Å²) < 4.78 is 27.8. The molecule has 1 aromatic rings. The van der Waals surface area contributed by atoms with E-state index in [4.69, 9.17) is 0 Å². The van der Waals surface area contributed by atoms with E-state index in [9.17, 15) is 8.42 Å². The molecule has 1 saturated carbocycles. The van der Waals surface area contributed by atoms with Crippen LogP contribution in [-0.2, 0) is 10.0 Å². The molecule has 0 heterocycles. The van der Waals surface area contributed by atoms with Crippen molar-refractivity contribution < 1.29 is 8.42 Å². The summed E-state index contributed by atoms with van der Waals surface area (Å²) in [7, 11) is -3.40. The van der Waals surface area contributed by atoms with Gasteiger partial charge < -0.3 is 0 Å². The van der Waals surface area contributed by atoms with E-state index in [1.807, 2.05) is 26.0 Å². The van der Waals surface area contributed by atoms with Crippen molar-refractivity contribution in [3.63, 3.8) is 0 Å². The molecule has 0 radical (unpaired) electrons. The number of hydrogen-bond donors (Lipinski definition) is 1. The van der Waals surface area contributed by atoms with Gasteiger partial charge in [-0.05, 0) is 44.2 Å². The monoisotopic (exact) mass is 345 g/mol. The SMILES string of the molecule is Cc1ccc(S(=O)(=O)NC2CCCC2CBr)c(C)c1. The molecule has 0 aliphatic heterocycles. The molecular formula is C14H20BrNO2S. The van der Waals surface area contributed by atoms with E-state index in [-0.39, 0.29) is 6.04 Å². The first-order valence-corrected chi connectivity index (χ1v) is 9.20. The van der Waals surface area contributed by atoms with Gasteiger partial charge in [0, 0.05) is 11.4 Å². The van der Waals surface area contributed by atoms with Crippen molar-refractivity contribution in [3.05, 3.63) is 29.3 Å². The van der Waals surface area contributed by atoms with Crippen molar-refractivity contribution >= 4 is 26.0 Å². The highest BCUT2D eigenvalue weighted by atomic mass is 79.9. The van der Waals surface area contributed by atoms with E-state index in [0.29, 0.717) is 10.8 Å². The summed E-state index contributed by atoms with van der Waals surface area (Å²) in [5.74, 6) is 0.403. The summed E-state index contributed by atoms with van der Waals surface area (Å²) >= 11 is 3.47. The highest BCUT2D eigenvalue weighted by Crippen LogP contribution is 2.29. The average Bonchev–Trinajstić information content (AvgIpc) is 2.74. The van der Waals surface area contributed by atoms with Crippen LogP contribution in [0.3, 0.4) is 0 Å². The van der Waals surface area contributed by atoms with Crippen LogP contribution in [0.25, 0.3) is 0 Å². The van der Waals surface area contributed by atoms with Crippen LogP contribution >= 0.6 is 15.9 Å². The molecule has 1 aliphatic carbocycles. The molecule has 0 saturated heterocycles. The molecule has 0 aromatic heterocycles. The van der Waals surface area contributed by atoms with Crippen LogP contribution < -0.4 is 4.72 Å². The third-order valence-corrected chi connectivity index (χ3v) is 6.27. The van der Waals surface area contributed by atoms with Crippen molar-refractivity contribution in [2.75, 3.05) is 5.33 Å². The lowest BCUT2D eigenvalue weighted by atomic mass is 10.1. The van der Waals surface area contributed by atoms with Gasteiger partial charge in [0.25, 0.3) is 0 Å². The highest BCUT2D eigenvalue weighted by Gasteiger charge is 2.30. The van der Waals surface area contributed by atoms with Crippen LogP contribution in [-0.4, -0.2) is 19.8 Å². The average molecular weight is 346 g/mol. The predicted molar refractivity (Wildman–Crippen MR) is 81.2 cm³/mol. The molecule has 2 atom stereocenters. The Balaban J connectivity index is 2.23. The largest absolute Gasteiger partial charge is 0.241 e. The van der Waals surface area contributed by atoms with E-state index >= 15 is 0 Å². The van der Waals surface area contributed by atoms with Gasteiger partial charge >= 0.3 is 0 Å². The van der Waals surface area contributed by atoms with E-state index in [2.05, 4.69) is 20.7 Å². The van der Waals surface area contributed by atoms with Gasteiger partial charge in [-0.3, -0.25) is 0 Å². The first-order valence-electron chi connectivity index (χ1n) is 6.59. The Kier molecular flexibility index (Phi) is 4.69. The Morgan fingerprint density at radius 3 is 2.68 bits per heavy atom. The fourth-order valence-electron chi connectivity index (χ4n) is 2.74. The second kappa shape index (κ2) is 5.94. The summed E-state index contributed by atoms with van der Waals surface area (Å²) in [6.45, 7) is 3.81. The van der Waals surface area contributed by atoms with Gasteiger partial charge in [-0.25, -0.2) is 13.1 Å². The third kappa shape index (κ3) is 3.38. The molecule has 1 fully saturated rings. The number of sulfonamides is 1. The lowest BCUT2D eigenvalue weighted by molar-refractivity contribution is 0.484. The predicted octanol–water partition coefficient (Wildman–Crippen LogP) is 3.15. The molecule has 5 heteroatoms. The van der Waals surface area contributed by atoms with Crippen molar-refractivity contribution in [1.29, 1.82) is 0 Å². The molecule has 3 nitrogen and oxygen atoms in total. The zero-order valence-corrected chi connectivity index (χ0v) is 13.7. The van der Waals surface area contributed by atoms with Crippen molar-refractivity contribution in [2.45, 2.75) is 44.0 Å². The second-order valence-electron chi connectivity index (χ2n) is 5.34. The Labute approximate surface area is 124 Å². The minimum Gasteiger partial charge on any atom is -0.208 e. The van der Waals surface area contributed by atoms with Crippen LogP contribution in [0.4, 0.5) is 0 Å². The van der Waals surface area contributed by atoms with Crippen molar-refractivity contribution in [2.24, 2.45) is 5.92 Å². The smallest absolute Gasteiger partial charge is 0.208 e. The summed E-state index contributed by atoms with van der Waals surface area (Å²) in [6.07, 6.45) is 3.11. The lowest BCUT2D eigenvalue weighted by Crippen LogP contribution is -2.38. The Hall–Kier alpha value is -0.390. The summed E-state index contributed by atoms with van der Waals surface area (Å²) in [5, 5.41) is 0.854. The maximum atomic E-state index is 12.5. The Bertz CT molecular complexity index is 557. The molecule has 2 unspecified atom stereocenters. The zero-order valence-electron chi connectivity index (χ0n) is 11.3. The number of alkyl halides is 1. The van der Waals surface area contributed by atoms with Crippen LogP contribution in [0, 0.1) is 19.8 Å². The van der Waals surface area contributed by atoms with Gasteiger partial charge in [0.15, 0.2) is 0 Å². The maximum absolute atomic E-state index is 12.5. The quantitative estimate of drug-likeness (QED) is 0.852. The standard InChI is InChI=1S/C14H20BrNO2S/c1-10-6-7-14(11(2)8-10)19(17,18)16-13-5-3-4-12(13)9-15/h6-8,12-13,16H,3-5,9H2,1-2H3. The van der Waals surface area contributed by atoms with Crippen LogP contribution in [0.15, 0.2) is 23.1 Å². The normalized spacial score (nSPS) is 23.7. The number of aryl methyl sites for hydroxylation is 2. The molecule has 1 aromatic carbocycles. The zero-order chi connectivity index (χ0) is 14.0. The molecular weight excluding hydrogens is 326 g/mol.